The molecule has 38 heavy (non-hydrogen) atoms. The number of hydrogen-bond donors (Lipinski definition) is 0. The second-order valence-corrected chi connectivity index (χ2v) is 8.88. The van der Waals surface area contributed by atoms with Crippen LogP contribution in [0.5, 0.6) is 0 Å². The highest BCUT2D eigenvalue weighted by atomic mass is 19.1. The molecule has 1 aliphatic rings. The first-order valence-corrected chi connectivity index (χ1v) is 12.1. The molecule has 0 unspecified atom stereocenters. The maximum atomic E-state index is 14.6. The van der Waals surface area contributed by atoms with E-state index in [9.17, 15) is 9.18 Å². The molecule has 0 atom stereocenters. The van der Waals surface area contributed by atoms with Crippen LogP contribution in [0.15, 0.2) is 120 Å². The first-order valence-electron chi connectivity index (χ1n) is 12.1. The largest absolute Gasteiger partial charge is 0.281 e. The van der Waals surface area contributed by atoms with Crippen LogP contribution in [-0.4, -0.2) is 26.4 Å². The van der Waals surface area contributed by atoms with E-state index in [1.165, 1.54) is 11.1 Å². The number of aromatic nitrogens is 3. The molecule has 1 amide bonds. The highest BCUT2D eigenvalue weighted by molar-refractivity contribution is 6.37. The lowest BCUT2D eigenvalue weighted by Gasteiger charge is -2.10. The summed E-state index contributed by atoms with van der Waals surface area (Å²) in [4.78, 5) is 18.0. The molecule has 0 radical (unpaired) electrons. The smallest absolute Gasteiger partial charge is 0.267 e. The average Bonchev–Trinajstić information content (AvgIpc) is 3.53. The van der Waals surface area contributed by atoms with E-state index in [0.29, 0.717) is 44.9 Å². The van der Waals surface area contributed by atoms with Gasteiger partial charge in [-0.3, -0.25) is 9.78 Å². The van der Waals surface area contributed by atoms with Crippen molar-refractivity contribution in [1.29, 1.82) is 0 Å². The Kier molecular flexibility index (Phi) is 5.94. The number of carbonyl (C=O) groups is 1. The number of benzene rings is 3. The molecule has 6 rings (SSSR count). The molecule has 0 N–H and O–H groups in total. The summed E-state index contributed by atoms with van der Waals surface area (Å²) < 4.78 is 16.3. The van der Waals surface area contributed by atoms with Gasteiger partial charge in [-0.2, -0.15) is 15.2 Å². The van der Waals surface area contributed by atoms with Crippen LogP contribution in [0.1, 0.15) is 16.7 Å². The van der Waals surface area contributed by atoms with Gasteiger partial charge in [-0.1, -0.05) is 48.5 Å². The molecule has 184 valence electrons. The maximum Gasteiger partial charge on any atom is 0.281 e. The van der Waals surface area contributed by atoms with Crippen molar-refractivity contribution in [2.45, 2.75) is 6.92 Å². The Morgan fingerprint density at radius 2 is 1.58 bits per heavy atom. The van der Waals surface area contributed by atoms with E-state index in [4.69, 9.17) is 5.10 Å². The summed E-state index contributed by atoms with van der Waals surface area (Å²) >= 11 is 0. The Morgan fingerprint density at radius 1 is 0.842 bits per heavy atom. The van der Waals surface area contributed by atoms with Gasteiger partial charge in [-0.25, -0.2) is 9.07 Å². The van der Waals surface area contributed by atoms with Crippen molar-refractivity contribution in [3.8, 4) is 16.9 Å². The van der Waals surface area contributed by atoms with Crippen LogP contribution in [0.2, 0.25) is 0 Å². The van der Waals surface area contributed by atoms with Crippen LogP contribution in [0.3, 0.4) is 0 Å². The minimum absolute atomic E-state index is 0.274. The molecule has 7 heteroatoms. The predicted octanol–water partition coefficient (Wildman–Crippen LogP) is 6.22. The van der Waals surface area contributed by atoms with Crippen molar-refractivity contribution in [1.82, 2.24) is 14.8 Å². The molecule has 0 spiro atoms. The summed E-state index contributed by atoms with van der Waals surface area (Å²) in [6.45, 7) is 1.72. The monoisotopic (exact) mass is 499 g/mol. The van der Waals surface area contributed by atoms with Gasteiger partial charge in [0.15, 0.2) is 0 Å². The number of hydrazone groups is 1. The number of aryl methyl sites for hydroxylation is 1. The van der Waals surface area contributed by atoms with E-state index < -0.39 is 0 Å². The number of para-hydroxylation sites is 2. The Morgan fingerprint density at radius 3 is 2.26 bits per heavy atom. The van der Waals surface area contributed by atoms with E-state index >= 15 is 0 Å². The van der Waals surface area contributed by atoms with Crippen LogP contribution in [-0.2, 0) is 4.79 Å². The van der Waals surface area contributed by atoms with Gasteiger partial charge < -0.3 is 0 Å². The third-order valence-corrected chi connectivity index (χ3v) is 6.32. The van der Waals surface area contributed by atoms with Gasteiger partial charge in [0.2, 0.25) is 0 Å². The summed E-state index contributed by atoms with van der Waals surface area (Å²) in [6.07, 6.45) is 6.97. The van der Waals surface area contributed by atoms with Gasteiger partial charge >= 0.3 is 0 Å². The molecule has 0 bridgehead atoms. The summed E-state index contributed by atoms with van der Waals surface area (Å²) in [5.41, 5.74) is 5.47. The molecule has 2 aromatic heterocycles. The Bertz CT molecular complexity index is 1690. The molecular formula is C31H22FN5O. The zero-order chi connectivity index (χ0) is 26.1. The second-order valence-electron chi connectivity index (χ2n) is 8.88. The fraction of sp³-hybridized carbons (Fsp3) is 0.0323. The lowest BCUT2D eigenvalue weighted by Crippen LogP contribution is -2.21. The summed E-state index contributed by atoms with van der Waals surface area (Å²) in [6, 6.07) is 27.6. The first kappa shape index (κ1) is 23.2. The quantitative estimate of drug-likeness (QED) is 0.270. The van der Waals surface area contributed by atoms with E-state index in [2.05, 4.69) is 10.1 Å². The first-order chi connectivity index (χ1) is 18.6. The number of carbonyl (C=O) groups excluding carboxylic acids is 1. The molecule has 1 aliphatic heterocycles. The highest BCUT2D eigenvalue weighted by Crippen LogP contribution is 2.31. The summed E-state index contributed by atoms with van der Waals surface area (Å²) in [7, 11) is 0. The van der Waals surface area contributed by atoms with E-state index in [1.54, 1.807) is 42.2 Å². The van der Waals surface area contributed by atoms with Crippen molar-refractivity contribution in [3.05, 3.63) is 138 Å². The lowest BCUT2D eigenvalue weighted by atomic mass is 9.99. The third kappa shape index (κ3) is 4.30. The minimum Gasteiger partial charge on any atom is -0.267 e. The molecule has 0 aliphatic carbocycles. The van der Waals surface area contributed by atoms with Crippen molar-refractivity contribution in [2.24, 2.45) is 5.10 Å². The third-order valence-electron chi connectivity index (χ3n) is 6.32. The van der Waals surface area contributed by atoms with Crippen molar-refractivity contribution in [3.63, 3.8) is 0 Å². The topological polar surface area (TPSA) is 63.4 Å². The van der Waals surface area contributed by atoms with E-state index in [-0.39, 0.29) is 11.7 Å². The van der Waals surface area contributed by atoms with Crippen LogP contribution >= 0.6 is 0 Å². The van der Waals surface area contributed by atoms with Crippen LogP contribution in [0.4, 0.5) is 10.1 Å². The summed E-state index contributed by atoms with van der Waals surface area (Å²) in [5.74, 6) is -0.594. The Balaban J connectivity index is 1.53. The van der Waals surface area contributed by atoms with Gasteiger partial charge in [-0.05, 0) is 61.0 Å². The molecule has 3 aromatic carbocycles. The fourth-order valence-corrected chi connectivity index (χ4v) is 4.33. The number of nitrogens with zero attached hydrogens (tertiary/aromatic N) is 5. The highest BCUT2D eigenvalue weighted by Gasteiger charge is 2.32. The summed E-state index contributed by atoms with van der Waals surface area (Å²) in [5, 5.41) is 10.9. The molecule has 3 heterocycles. The van der Waals surface area contributed by atoms with Gasteiger partial charge in [0.25, 0.3) is 5.91 Å². The van der Waals surface area contributed by atoms with Crippen LogP contribution in [0, 0.1) is 12.7 Å². The number of rotatable bonds is 5. The van der Waals surface area contributed by atoms with Crippen molar-refractivity contribution in [2.75, 3.05) is 5.01 Å². The van der Waals surface area contributed by atoms with E-state index in [0.717, 1.165) is 5.69 Å². The molecule has 0 fully saturated rings. The number of pyridine rings is 1. The SMILES string of the molecule is Cc1ccc(-c2nn(-c3ccccc3)cc2/C=C2\C(=O)N(c3ccccc3)N=C2c2cccnc2)cc1F. The van der Waals surface area contributed by atoms with Crippen LogP contribution in [0.25, 0.3) is 23.0 Å². The van der Waals surface area contributed by atoms with Gasteiger partial charge in [0, 0.05) is 35.3 Å². The van der Waals surface area contributed by atoms with Gasteiger partial charge in [0.05, 0.1) is 16.9 Å². The number of halogens is 1. The standard InChI is InChI=1S/C31H22FN5O/c1-21-14-15-22(18-28(21)32)29-24(20-36(34-29)25-10-4-2-5-11-25)17-27-30(23-9-8-16-33-19-23)35-37(31(27)38)26-12-6-3-7-13-26/h2-20H,1H3/b27-17-. The van der Waals surface area contributed by atoms with Gasteiger partial charge in [0.1, 0.15) is 17.2 Å². The Labute approximate surface area is 219 Å². The number of amides is 1. The molecule has 5 aromatic rings. The zero-order valence-corrected chi connectivity index (χ0v) is 20.5. The molecule has 0 saturated heterocycles. The van der Waals surface area contributed by atoms with Crippen molar-refractivity contribution < 1.29 is 9.18 Å². The molecule has 0 saturated carbocycles. The van der Waals surface area contributed by atoms with Crippen molar-refractivity contribution >= 4 is 23.4 Å². The predicted molar refractivity (Wildman–Crippen MR) is 146 cm³/mol. The Hall–Kier alpha value is -5.17. The van der Waals surface area contributed by atoms with Crippen LogP contribution < -0.4 is 5.01 Å². The van der Waals surface area contributed by atoms with E-state index in [1.807, 2.05) is 79.0 Å². The second kappa shape index (κ2) is 9.71. The normalized spacial score (nSPS) is 14.3. The van der Waals surface area contributed by atoms with Gasteiger partial charge in [-0.15, -0.1) is 0 Å². The lowest BCUT2D eigenvalue weighted by molar-refractivity contribution is -0.114. The number of anilines is 1. The minimum atomic E-state index is -0.319. The molecular weight excluding hydrogens is 477 g/mol. The fourth-order valence-electron chi connectivity index (χ4n) is 4.33. The molecule has 6 nitrogen and oxygen atoms in total. The maximum absolute atomic E-state index is 14.6. The number of hydrogen-bond acceptors (Lipinski definition) is 4. The zero-order valence-electron chi connectivity index (χ0n) is 20.5. The average molecular weight is 500 g/mol.